The van der Waals surface area contributed by atoms with Gasteiger partial charge in [-0.1, -0.05) is 0 Å². The lowest BCUT2D eigenvalue weighted by Gasteiger charge is -2.20. The molecule has 0 aromatic heterocycles. The van der Waals surface area contributed by atoms with E-state index in [2.05, 4.69) is 21.2 Å². The second kappa shape index (κ2) is 5.48. The van der Waals surface area contributed by atoms with Crippen LogP contribution in [-0.4, -0.2) is 16.3 Å². The molecule has 0 saturated heterocycles. The van der Waals surface area contributed by atoms with Gasteiger partial charge in [-0.05, 0) is 54.9 Å². The summed E-state index contributed by atoms with van der Waals surface area (Å²) in [5, 5.41) is 9.93. The Hall–Kier alpha value is -1.43. The summed E-state index contributed by atoms with van der Waals surface area (Å²) in [5.41, 5.74) is -0.0555. The summed E-state index contributed by atoms with van der Waals surface area (Å²) < 4.78 is 18.1. The Balaban J connectivity index is 2.91. The maximum absolute atomic E-state index is 13.1. The van der Waals surface area contributed by atoms with Crippen LogP contribution in [0.2, 0.25) is 0 Å². The van der Waals surface area contributed by atoms with Gasteiger partial charge >= 0.3 is 6.09 Å². The Morgan fingerprint density at radius 1 is 1.44 bits per heavy atom. The third kappa shape index (κ3) is 4.44. The van der Waals surface area contributed by atoms with Crippen molar-refractivity contribution in [2.24, 2.45) is 0 Å². The lowest BCUT2D eigenvalue weighted by molar-refractivity contribution is 0.0636. The van der Waals surface area contributed by atoms with Crippen molar-refractivity contribution in [2.45, 2.75) is 26.4 Å². The number of halogens is 2. The summed E-state index contributed by atoms with van der Waals surface area (Å²) >= 11 is 2.94. The molecule has 4 nitrogen and oxygen atoms in total. The summed E-state index contributed by atoms with van der Waals surface area (Å²) in [6.45, 7) is 5.22. The quantitative estimate of drug-likeness (QED) is 0.813. The van der Waals surface area contributed by atoms with Crippen molar-refractivity contribution in [3.8, 4) is 0 Å². The average Bonchev–Trinajstić information content (AvgIpc) is 2.17. The average molecular weight is 317 g/mol. The number of anilines is 1. The van der Waals surface area contributed by atoms with Crippen molar-refractivity contribution in [1.82, 2.24) is 0 Å². The number of amides is 1. The van der Waals surface area contributed by atoms with Gasteiger partial charge in [0.2, 0.25) is 0 Å². The normalized spacial score (nSPS) is 10.9. The number of hydrogen-bond acceptors (Lipinski definition) is 3. The number of hydrogen-bond donors (Lipinski definition) is 2. The van der Waals surface area contributed by atoms with Gasteiger partial charge in [-0.2, -0.15) is 0 Å². The van der Waals surface area contributed by atoms with Gasteiger partial charge in [0, 0.05) is 5.56 Å². The standard InChI is InChI=1S/C12H14BrFN2O2/c1-12(2,3)18-11(17)16-9-5-4-7(14)6-8(9)10(13)15/h4-6,15H,1-3H3,(H,16,17). The van der Waals surface area contributed by atoms with E-state index in [9.17, 15) is 9.18 Å². The molecule has 6 heteroatoms. The number of rotatable bonds is 2. The Morgan fingerprint density at radius 3 is 2.56 bits per heavy atom. The van der Waals surface area contributed by atoms with E-state index >= 15 is 0 Å². The highest BCUT2D eigenvalue weighted by Gasteiger charge is 2.17. The Labute approximate surface area is 113 Å². The molecule has 0 aliphatic carbocycles. The van der Waals surface area contributed by atoms with E-state index in [0.29, 0.717) is 5.69 Å². The van der Waals surface area contributed by atoms with Crippen LogP contribution in [0.25, 0.3) is 0 Å². The zero-order valence-electron chi connectivity index (χ0n) is 10.3. The maximum atomic E-state index is 13.1. The zero-order chi connectivity index (χ0) is 13.9. The number of benzene rings is 1. The molecule has 98 valence electrons. The van der Waals surface area contributed by atoms with Crippen molar-refractivity contribution in [3.63, 3.8) is 0 Å². The van der Waals surface area contributed by atoms with Crippen molar-refractivity contribution >= 4 is 32.3 Å². The Kier molecular flexibility index (Phi) is 4.45. The minimum atomic E-state index is -0.649. The molecule has 0 heterocycles. The minimum Gasteiger partial charge on any atom is -0.444 e. The summed E-state index contributed by atoms with van der Waals surface area (Å²) in [6.07, 6.45) is -0.649. The molecular formula is C12H14BrFN2O2. The number of carbonyl (C=O) groups excluding carboxylic acids is 1. The smallest absolute Gasteiger partial charge is 0.412 e. The molecule has 0 atom stereocenters. The molecule has 0 unspecified atom stereocenters. The van der Waals surface area contributed by atoms with E-state index < -0.39 is 17.5 Å². The van der Waals surface area contributed by atoms with Crippen LogP contribution in [0.1, 0.15) is 26.3 Å². The van der Waals surface area contributed by atoms with Crippen LogP contribution in [-0.2, 0) is 4.74 Å². The lowest BCUT2D eigenvalue weighted by atomic mass is 10.2. The van der Waals surface area contributed by atoms with Crippen molar-refractivity contribution in [2.75, 3.05) is 5.32 Å². The summed E-state index contributed by atoms with van der Waals surface area (Å²) in [5.74, 6) is -0.482. The molecule has 0 radical (unpaired) electrons. The van der Waals surface area contributed by atoms with Crippen LogP contribution in [0.3, 0.4) is 0 Å². The van der Waals surface area contributed by atoms with Gasteiger partial charge in [0.1, 0.15) is 16.0 Å². The minimum absolute atomic E-state index is 0.0203. The molecule has 0 aliphatic rings. The third-order valence-corrected chi connectivity index (χ3v) is 2.28. The van der Waals surface area contributed by atoms with Gasteiger partial charge in [-0.25, -0.2) is 9.18 Å². The predicted octanol–water partition coefficient (Wildman–Crippen LogP) is 3.89. The third-order valence-electron chi connectivity index (χ3n) is 1.85. The SMILES string of the molecule is CC(C)(C)OC(=O)Nc1ccc(F)cc1C(=N)Br. The van der Waals surface area contributed by atoms with Crippen molar-refractivity contribution in [3.05, 3.63) is 29.6 Å². The topological polar surface area (TPSA) is 62.2 Å². The summed E-state index contributed by atoms with van der Waals surface area (Å²) in [4.78, 5) is 11.6. The fraction of sp³-hybridized carbons (Fsp3) is 0.333. The molecule has 0 fully saturated rings. The van der Waals surface area contributed by atoms with Gasteiger partial charge in [-0.15, -0.1) is 0 Å². The Morgan fingerprint density at radius 2 is 2.06 bits per heavy atom. The largest absolute Gasteiger partial charge is 0.444 e. The van der Waals surface area contributed by atoms with E-state index in [1.807, 2.05) is 0 Å². The molecule has 1 rings (SSSR count). The molecule has 0 bridgehead atoms. The number of carbonyl (C=O) groups is 1. The van der Waals surface area contributed by atoms with Gasteiger partial charge in [-0.3, -0.25) is 10.7 Å². The highest BCUT2D eigenvalue weighted by molar-refractivity contribution is 9.18. The number of ether oxygens (including phenoxy) is 1. The molecule has 1 amide bonds. The first kappa shape index (κ1) is 14.6. The van der Waals surface area contributed by atoms with Crippen LogP contribution < -0.4 is 5.32 Å². The molecule has 0 spiro atoms. The Bertz CT molecular complexity index is 483. The second-order valence-corrected chi connectivity index (χ2v) is 5.42. The second-order valence-electron chi connectivity index (χ2n) is 4.63. The van der Waals surface area contributed by atoms with E-state index in [1.165, 1.54) is 12.1 Å². The first-order valence-corrected chi connectivity index (χ1v) is 6.02. The molecule has 0 saturated carbocycles. The van der Waals surface area contributed by atoms with Crippen LogP contribution in [0.4, 0.5) is 14.9 Å². The maximum Gasteiger partial charge on any atom is 0.412 e. The van der Waals surface area contributed by atoms with E-state index in [-0.39, 0.29) is 10.2 Å². The first-order valence-electron chi connectivity index (χ1n) is 5.23. The fourth-order valence-corrected chi connectivity index (χ4v) is 1.55. The molecular weight excluding hydrogens is 303 g/mol. The molecule has 1 aromatic rings. The van der Waals surface area contributed by atoms with Crippen molar-refractivity contribution in [1.29, 1.82) is 5.41 Å². The molecule has 18 heavy (non-hydrogen) atoms. The van der Waals surface area contributed by atoms with Gasteiger partial charge in [0.25, 0.3) is 0 Å². The first-order chi connectivity index (χ1) is 8.19. The van der Waals surface area contributed by atoms with Crippen LogP contribution >= 0.6 is 15.9 Å². The highest BCUT2D eigenvalue weighted by atomic mass is 79.9. The van der Waals surface area contributed by atoms with Gasteiger partial charge in [0.05, 0.1) is 5.69 Å². The summed E-state index contributed by atoms with van der Waals surface area (Å²) in [6, 6.07) is 3.74. The fourth-order valence-electron chi connectivity index (χ4n) is 1.22. The van der Waals surface area contributed by atoms with E-state index in [1.54, 1.807) is 20.8 Å². The van der Waals surface area contributed by atoms with Gasteiger partial charge in [0.15, 0.2) is 0 Å². The summed E-state index contributed by atoms with van der Waals surface area (Å²) in [7, 11) is 0. The van der Waals surface area contributed by atoms with Crippen LogP contribution in [0.5, 0.6) is 0 Å². The highest BCUT2D eigenvalue weighted by Crippen LogP contribution is 2.20. The number of nitrogens with one attached hydrogen (secondary N) is 2. The van der Waals surface area contributed by atoms with Gasteiger partial charge < -0.3 is 4.74 Å². The molecule has 1 aromatic carbocycles. The van der Waals surface area contributed by atoms with E-state index in [4.69, 9.17) is 10.1 Å². The van der Waals surface area contributed by atoms with Crippen molar-refractivity contribution < 1.29 is 13.9 Å². The van der Waals surface area contributed by atoms with E-state index in [0.717, 1.165) is 6.07 Å². The predicted molar refractivity (Wildman–Crippen MR) is 72.0 cm³/mol. The van der Waals surface area contributed by atoms with Crippen LogP contribution in [0, 0.1) is 11.2 Å². The lowest BCUT2D eigenvalue weighted by Crippen LogP contribution is -2.27. The zero-order valence-corrected chi connectivity index (χ0v) is 11.9. The molecule has 2 N–H and O–H groups in total. The molecule has 0 aliphatic heterocycles. The monoisotopic (exact) mass is 316 g/mol. The van der Waals surface area contributed by atoms with Crippen LogP contribution in [0.15, 0.2) is 18.2 Å².